The van der Waals surface area contributed by atoms with Gasteiger partial charge in [-0.3, -0.25) is 0 Å². The maximum atomic E-state index is 5.88. The van der Waals surface area contributed by atoms with Gasteiger partial charge in [-0.1, -0.05) is 35.9 Å². The lowest BCUT2D eigenvalue weighted by Gasteiger charge is -2.20. The number of aryl methyl sites for hydroxylation is 4. The van der Waals surface area contributed by atoms with Crippen LogP contribution in [0.5, 0.6) is 5.75 Å². The van der Waals surface area contributed by atoms with Crippen LogP contribution < -0.4 is 15.0 Å². The van der Waals surface area contributed by atoms with E-state index in [9.17, 15) is 0 Å². The summed E-state index contributed by atoms with van der Waals surface area (Å²) in [6.07, 6.45) is 0.982. The Kier molecular flexibility index (Phi) is 5.38. The van der Waals surface area contributed by atoms with E-state index in [0.717, 1.165) is 42.5 Å². The molecule has 4 rings (SSSR count). The number of hydrogen-bond acceptors (Lipinski definition) is 5. The Morgan fingerprint density at radius 1 is 1.00 bits per heavy atom. The third-order valence-electron chi connectivity index (χ3n) is 5.41. The van der Waals surface area contributed by atoms with Crippen molar-refractivity contribution in [1.29, 1.82) is 0 Å². The fourth-order valence-electron chi connectivity index (χ4n) is 4.04. The average molecular weight is 389 g/mol. The summed E-state index contributed by atoms with van der Waals surface area (Å²) >= 11 is 0. The molecule has 2 heterocycles. The summed E-state index contributed by atoms with van der Waals surface area (Å²) in [5.41, 5.74) is 7.06. The van der Waals surface area contributed by atoms with Crippen LogP contribution in [0, 0.1) is 27.7 Å². The quantitative estimate of drug-likeness (QED) is 0.651. The predicted molar refractivity (Wildman–Crippen MR) is 119 cm³/mol. The van der Waals surface area contributed by atoms with Gasteiger partial charge in [0.1, 0.15) is 18.2 Å². The van der Waals surface area contributed by atoms with Gasteiger partial charge in [0, 0.05) is 23.5 Å². The normalized spacial score (nSPS) is 12.8. The molecule has 3 aromatic rings. The lowest BCUT2D eigenvalue weighted by Crippen LogP contribution is -2.27. The second-order valence-corrected chi connectivity index (χ2v) is 7.73. The van der Waals surface area contributed by atoms with Crippen LogP contribution in [-0.2, 0) is 6.42 Å². The van der Waals surface area contributed by atoms with Crippen molar-refractivity contribution in [2.75, 3.05) is 29.9 Å². The molecule has 0 saturated carbocycles. The molecule has 29 heavy (non-hydrogen) atoms. The Bertz CT molecular complexity index is 994. The molecule has 2 aromatic carbocycles. The summed E-state index contributed by atoms with van der Waals surface area (Å²) in [6, 6.07) is 14.3. The van der Waals surface area contributed by atoms with Gasteiger partial charge in [-0.15, -0.1) is 0 Å². The minimum atomic E-state index is 0.630. The number of nitrogens with one attached hydrogen (secondary N) is 1. The van der Waals surface area contributed by atoms with Gasteiger partial charge >= 0.3 is 0 Å². The minimum Gasteiger partial charge on any atom is -0.492 e. The summed E-state index contributed by atoms with van der Waals surface area (Å²) in [6.45, 7) is 10.8. The van der Waals surface area contributed by atoms with Crippen LogP contribution in [0.15, 0.2) is 42.5 Å². The molecule has 0 radical (unpaired) electrons. The number of anilines is 3. The van der Waals surface area contributed by atoms with Crippen molar-refractivity contribution in [3.8, 4) is 5.75 Å². The van der Waals surface area contributed by atoms with Crippen LogP contribution in [0.1, 0.15) is 27.9 Å². The first kappa shape index (κ1) is 19.2. The Labute approximate surface area is 172 Å². The van der Waals surface area contributed by atoms with Crippen LogP contribution in [0.4, 0.5) is 17.5 Å². The van der Waals surface area contributed by atoms with Gasteiger partial charge in [0.2, 0.25) is 5.95 Å². The topological polar surface area (TPSA) is 50.3 Å². The minimum absolute atomic E-state index is 0.630. The van der Waals surface area contributed by atoms with E-state index in [1.165, 1.54) is 22.3 Å². The fourth-order valence-corrected chi connectivity index (χ4v) is 4.04. The highest BCUT2D eigenvalue weighted by Crippen LogP contribution is 2.31. The van der Waals surface area contributed by atoms with Crippen LogP contribution >= 0.6 is 0 Å². The van der Waals surface area contributed by atoms with Crippen LogP contribution in [0.25, 0.3) is 0 Å². The van der Waals surface area contributed by atoms with Gasteiger partial charge in [0.05, 0.1) is 6.54 Å². The van der Waals surface area contributed by atoms with Gasteiger partial charge in [-0.25, -0.2) is 4.98 Å². The third-order valence-corrected chi connectivity index (χ3v) is 5.41. The van der Waals surface area contributed by atoms with Crippen molar-refractivity contribution in [1.82, 2.24) is 9.97 Å². The Balaban J connectivity index is 1.51. The highest BCUT2D eigenvalue weighted by atomic mass is 16.5. The second kappa shape index (κ2) is 8.11. The number of aromatic nitrogens is 2. The Morgan fingerprint density at radius 3 is 2.45 bits per heavy atom. The van der Waals surface area contributed by atoms with Gasteiger partial charge in [-0.05, 0) is 57.4 Å². The molecule has 1 aliphatic heterocycles. The standard InChI is InChI=1S/C24H28N4O/c1-16-14-17(2)22(18(3)15-16)26-24-25-19(4)21-10-11-28(23(21)27-24)12-13-29-20-8-6-5-7-9-20/h5-9,14-15H,10-13H2,1-4H3,(H,25,26,27). The van der Waals surface area contributed by atoms with Gasteiger partial charge in [-0.2, -0.15) is 4.98 Å². The van der Waals surface area contributed by atoms with Crippen molar-refractivity contribution in [3.63, 3.8) is 0 Å². The molecule has 0 saturated heterocycles. The largest absolute Gasteiger partial charge is 0.492 e. The number of benzene rings is 2. The molecule has 1 N–H and O–H groups in total. The van der Waals surface area contributed by atoms with Crippen molar-refractivity contribution >= 4 is 17.5 Å². The SMILES string of the molecule is Cc1cc(C)c(Nc2nc(C)c3c(n2)N(CCOc2ccccc2)CC3)c(C)c1. The van der Waals surface area contributed by atoms with Crippen molar-refractivity contribution in [2.45, 2.75) is 34.1 Å². The summed E-state index contributed by atoms with van der Waals surface area (Å²) in [5.74, 6) is 2.59. The first-order valence-electron chi connectivity index (χ1n) is 10.2. The highest BCUT2D eigenvalue weighted by Gasteiger charge is 2.24. The zero-order valence-electron chi connectivity index (χ0n) is 17.6. The number of ether oxygens (including phenoxy) is 1. The maximum absolute atomic E-state index is 5.88. The smallest absolute Gasteiger partial charge is 0.229 e. The lowest BCUT2D eigenvalue weighted by molar-refractivity contribution is 0.324. The highest BCUT2D eigenvalue weighted by molar-refractivity contribution is 5.66. The zero-order valence-corrected chi connectivity index (χ0v) is 17.6. The van der Waals surface area contributed by atoms with Gasteiger partial charge in [0.25, 0.3) is 0 Å². The van der Waals surface area contributed by atoms with E-state index in [-0.39, 0.29) is 0 Å². The van der Waals surface area contributed by atoms with Crippen LogP contribution in [-0.4, -0.2) is 29.7 Å². The number of para-hydroxylation sites is 1. The fraction of sp³-hybridized carbons (Fsp3) is 0.333. The van der Waals surface area contributed by atoms with E-state index < -0.39 is 0 Å². The molecule has 0 unspecified atom stereocenters. The summed E-state index contributed by atoms with van der Waals surface area (Å²) in [4.78, 5) is 11.9. The lowest BCUT2D eigenvalue weighted by atomic mass is 10.1. The molecule has 1 aromatic heterocycles. The third kappa shape index (κ3) is 4.19. The van der Waals surface area contributed by atoms with Gasteiger partial charge in [0.15, 0.2) is 0 Å². The molecular formula is C24H28N4O. The zero-order chi connectivity index (χ0) is 20.4. The average Bonchev–Trinajstić information content (AvgIpc) is 3.09. The molecule has 0 bridgehead atoms. The molecule has 0 aliphatic carbocycles. The van der Waals surface area contributed by atoms with Crippen molar-refractivity contribution in [3.05, 3.63) is 70.4 Å². The van der Waals surface area contributed by atoms with E-state index in [1.807, 2.05) is 30.3 Å². The first-order chi connectivity index (χ1) is 14.0. The maximum Gasteiger partial charge on any atom is 0.229 e. The predicted octanol–water partition coefficient (Wildman–Crippen LogP) is 4.90. The molecule has 5 heteroatoms. The molecule has 0 atom stereocenters. The molecule has 1 aliphatic rings. The molecule has 0 spiro atoms. The summed E-state index contributed by atoms with van der Waals surface area (Å²) in [5, 5.41) is 3.46. The number of rotatable bonds is 6. The van der Waals surface area contributed by atoms with Crippen LogP contribution in [0.2, 0.25) is 0 Å². The van der Waals surface area contributed by atoms with E-state index in [1.54, 1.807) is 0 Å². The monoisotopic (exact) mass is 388 g/mol. The van der Waals surface area contributed by atoms with E-state index >= 15 is 0 Å². The summed E-state index contributed by atoms with van der Waals surface area (Å²) in [7, 11) is 0. The number of nitrogens with zero attached hydrogens (tertiary/aromatic N) is 3. The van der Waals surface area contributed by atoms with E-state index in [4.69, 9.17) is 14.7 Å². The first-order valence-corrected chi connectivity index (χ1v) is 10.2. The van der Waals surface area contributed by atoms with Crippen molar-refractivity contribution < 1.29 is 4.74 Å². The number of fused-ring (bicyclic) bond motifs is 1. The van der Waals surface area contributed by atoms with Crippen molar-refractivity contribution in [2.24, 2.45) is 0 Å². The van der Waals surface area contributed by atoms with Gasteiger partial charge < -0.3 is 15.0 Å². The Morgan fingerprint density at radius 2 is 1.72 bits per heavy atom. The second-order valence-electron chi connectivity index (χ2n) is 7.73. The molecule has 5 nitrogen and oxygen atoms in total. The molecular weight excluding hydrogens is 360 g/mol. The molecule has 150 valence electrons. The van der Waals surface area contributed by atoms with E-state index in [2.05, 4.69) is 50.0 Å². The molecule has 0 fully saturated rings. The van der Waals surface area contributed by atoms with Crippen LogP contribution in [0.3, 0.4) is 0 Å². The number of hydrogen-bond donors (Lipinski definition) is 1. The molecule has 0 amide bonds. The Hall–Kier alpha value is -3.08. The summed E-state index contributed by atoms with van der Waals surface area (Å²) < 4.78 is 5.88. The van der Waals surface area contributed by atoms with E-state index in [0.29, 0.717) is 12.6 Å².